The highest BCUT2D eigenvalue weighted by Crippen LogP contribution is 2.29. The molecule has 0 aromatic carbocycles. The average molecular weight is 244 g/mol. The van der Waals surface area contributed by atoms with Gasteiger partial charge in [0.15, 0.2) is 0 Å². The number of hydrogen-bond acceptors (Lipinski definition) is 5. The first-order valence-electron chi connectivity index (χ1n) is 4.80. The van der Waals surface area contributed by atoms with E-state index in [1.54, 1.807) is 11.7 Å². The van der Waals surface area contributed by atoms with Gasteiger partial charge in [0, 0.05) is 11.8 Å². The standard InChI is InChI=1S/C9H16N4O2S/c1-9(2,7(10)8(14)15)16-4-6-11-5-12-13(6)3/h5,7H,4,10H2,1-3H3,(H,14,15)/t7-/m1/s1. The molecule has 0 fully saturated rings. The van der Waals surface area contributed by atoms with Crippen molar-refractivity contribution < 1.29 is 9.90 Å². The van der Waals surface area contributed by atoms with Gasteiger partial charge >= 0.3 is 5.97 Å². The van der Waals surface area contributed by atoms with Crippen LogP contribution in [-0.4, -0.2) is 36.6 Å². The second-order valence-electron chi connectivity index (χ2n) is 4.01. The number of aryl methyl sites for hydroxylation is 1. The van der Waals surface area contributed by atoms with Crippen molar-refractivity contribution in [2.75, 3.05) is 0 Å². The van der Waals surface area contributed by atoms with Gasteiger partial charge in [-0.25, -0.2) is 4.98 Å². The summed E-state index contributed by atoms with van der Waals surface area (Å²) >= 11 is 1.46. The number of aliphatic carboxylic acids is 1. The first-order valence-corrected chi connectivity index (χ1v) is 5.78. The van der Waals surface area contributed by atoms with Crippen molar-refractivity contribution in [2.24, 2.45) is 12.8 Å². The minimum Gasteiger partial charge on any atom is -0.480 e. The Bertz CT molecular complexity index is 377. The molecule has 1 heterocycles. The van der Waals surface area contributed by atoms with Crippen LogP contribution in [-0.2, 0) is 17.6 Å². The molecule has 0 aliphatic carbocycles. The highest BCUT2D eigenvalue weighted by molar-refractivity contribution is 7.99. The van der Waals surface area contributed by atoms with Gasteiger partial charge in [0.1, 0.15) is 18.2 Å². The Morgan fingerprint density at radius 1 is 1.75 bits per heavy atom. The summed E-state index contributed by atoms with van der Waals surface area (Å²) in [5.41, 5.74) is 5.61. The third-order valence-electron chi connectivity index (χ3n) is 2.39. The number of thioether (sulfide) groups is 1. The van der Waals surface area contributed by atoms with Gasteiger partial charge in [-0.3, -0.25) is 9.48 Å². The summed E-state index contributed by atoms with van der Waals surface area (Å²) in [6.45, 7) is 3.62. The largest absolute Gasteiger partial charge is 0.480 e. The first kappa shape index (κ1) is 13.0. The normalized spacial score (nSPS) is 13.8. The Balaban J connectivity index is 2.61. The van der Waals surface area contributed by atoms with Gasteiger partial charge in [0.05, 0.1) is 5.75 Å². The summed E-state index contributed by atoms with van der Waals surface area (Å²) in [7, 11) is 1.80. The number of carboxylic acid groups (broad SMARTS) is 1. The minimum atomic E-state index is -0.990. The fourth-order valence-corrected chi connectivity index (χ4v) is 2.13. The number of aromatic nitrogens is 3. The molecule has 0 unspecified atom stereocenters. The van der Waals surface area contributed by atoms with Crippen LogP contribution in [0.15, 0.2) is 6.33 Å². The van der Waals surface area contributed by atoms with E-state index in [0.29, 0.717) is 5.75 Å². The zero-order valence-corrected chi connectivity index (χ0v) is 10.4. The Morgan fingerprint density at radius 3 is 2.81 bits per heavy atom. The van der Waals surface area contributed by atoms with Crippen molar-refractivity contribution in [3.8, 4) is 0 Å². The molecule has 1 atom stereocenters. The Hall–Kier alpha value is -1.08. The molecule has 1 rings (SSSR count). The number of nitrogens with two attached hydrogens (primary N) is 1. The summed E-state index contributed by atoms with van der Waals surface area (Å²) in [5, 5.41) is 12.8. The average Bonchev–Trinajstić information content (AvgIpc) is 2.60. The van der Waals surface area contributed by atoms with E-state index in [0.717, 1.165) is 5.82 Å². The molecule has 0 saturated heterocycles. The van der Waals surface area contributed by atoms with Crippen LogP contribution < -0.4 is 5.73 Å². The topological polar surface area (TPSA) is 94.0 Å². The summed E-state index contributed by atoms with van der Waals surface area (Å²) in [6, 6.07) is -0.897. The van der Waals surface area contributed by atoms with Crippen LogP contribution in [0.25, 0.3) is 0 Å². The molecular weight excluding hydrogens is 228 g/mol. The predicted octanol–water partition coefficient (Wildman–Crippen LogP) is 0.239. The number of carboxylic acids is 1. The predicted molar refractivity (Wildman–Crippen MR) is 62.0 cm³/mol. The number of hydrogen-bond donors (Lipinski definition) is 2. The van der Waals surface area contributed by atoms with Crippen molar-refractivity contribution in [3.05, 3.63) is 12.2 Å². The molecule has 3 N–H and O–H groups in total. The molecule has 0 saturated carbocycles. The molecule has 7 heteroatoms. The lowest BCUT2D eigenvalue weighted by Crippen LogP contribution is -2.46. The second-order valence-corrected chi connectivity index (χ2v) is 5.64. The molecule has 0 radical (unpaired) electrons. The highest BCUT2D eigenvalue weighted by Gasteiger charge is 2.32. The number of rotatable bonds is 5. The van der Waals surface area contributed by atoms with Crippen LogP contribution in [0.5, 0.6) is 0 Å². The molecule has 90 valence electrons. The molecule has 16 heavy (non-hydrogen) atoms. The first-order chi connectivity index (χ1) is 7.34. The van der Waals surface area contributed by atoms with Crippen LogP contribution in [0.1, 0.15) is 19.7 Å². The zero-order chi connectivity index (χ0) is 12.3. The SMILES string of the molecule is Cn1ncnc1CSC(C)(C)[C@H](N)C(=O)O. The van der Waals surface area contributed by atoms with E-state index in [1.807, 2.05) is 13.8 Å². The van der Waals surface area contributed by atoms with E-state index < -0.39 is 16.8 Å². The van der Waals surface area contributed by atoms with Crippen LogP contribution in [0.4, 0.5) is 0 Å². The molecule has 6 nitrogen and oxygen atoms in total. The Labute approximate surface area is 98.2 Å². The van der Waals surface area contributed by atoms with Gasteiger partial charge in [-0.15, -0.1) is 11.8 Å². The maximum Gasteiger partial charge on any atom is 0.321 e. The molecule has 0 amide bonds. The highest BCUT2D eigenvalue weighted by atomic mass is 32.2. The molecule has 0 aliphatic rings. The lowest BCUT2D eigenvalue weighted by molar-refractivity contribution is -0.139. The quantitative estimate of drug-likeness (QED) is 0.770. The van der Waals surface area contributed by atoms with Crippen molar-refractivity contribution >= 4 is 17.7 Å². The Kier molecular flexibility index (Phi) is 3.93. The van der Waals surface area contributed by atoms with Crippen molar-refractivity contribution in [3.63, 3.8) is 0 Å². The lowest BCUT2D eigenvalue weighted by Gasteiger charge is -2.27. The summed E-state index contributed by atoms with van der Waals surface area (Å²) in [4.78, 5) is 14.9. The van der Waals surface area contributed by atoms with Crippen LogP contribution >= 0.6 is 11.8 Å². The van der Waals surface area contributed by atoms with Gasteiger partial charge in [0.25, 0.3) is 0 Å². The van der Waals surface area contributed by atoms with Gasteiger partial charge in [-0.1, -0.05) is 0 Å². The van der Waals surface area contributed by atoms with Crippen LogP contribution in [0, 0.1) is 0 Å². The third kappa shape index (κ3) is 2.96. The summed E-state index contributed by atoms with van der Waals surface area (Å²) in [5.74, 6) is 0.399. The minimum absolute atomic E-state index is 0.544. The van der Waals surface area contributed by atoms with Gasteiger partial charge < -0.3 is 10.8 Å². The van der Waals surface area contributed by atoms with E-state index >= 15 is 0 Å². The van der Waals surface area contributed by atoms with Crippen molar-refractivity contribution in [2.45, 2.75) is 30.4 Å². The third-order valence-corrected chi connectivity index (χ3v) is 3.79. The zero-order valence-electron chi connectivity index (χ0n) is 9.54. The molecule has 0 aliphatic heterocycles. The number of carbonyl (C=O) groups is 1. The number of nitrogens with zero attached hydrogens (tertiary/aromatic N) is 3. The smallest absolute Gasteiger partial charge is 0.321 e. The van der Waals surface area contributed by atoms with Crippen LogP contribution in [0.2, 0.25) is 0 Å². The molecule has 0 spiro atoms. The lowest BCUT2D eigenvalue weighted by atomic mass is 10.1. The Morgan fingerprint density at radius 2 is 2.38 bits per heavy atom. The summed E-state index contributed by atoms with van der Waals surface area (Å²) < 4.78 is 1.12. The maximum atomic E-state index is 10.8. The molecular formula is C9H16N4O2S. The van der Waals surface area contributed by atoms with E-state index in [9.17, 15) is 4.79 Å². The van der Waals surface area contributed by atoms with E-state index in [4.69, 9.17) is 10.8 Å². The second kappa shape index (κ2) is 4.84. The van der Waals surface area contributed by atoms with Gasteiger partial charge in [-0.2, -0.15) is 5.10 Å². The molecule has 1 aromatic rings. The van der Waals surface area contributed by atoms with Gasteiger partial charge in [-0.05, 0) is 13.8 Å². The van der Waals surface area contributed by atoms with Crippen LogP contribution in [0.3, 0.4) is 0 Å². The van der Waals surface area contributed by atoms with E-state index in [1.165, 1.54) is 18.1 Å². The maximum absolute atomic E-state index is 10.8. The molecule has 1 aromatic heterocycles. The van der Waals surface area contributed by atoms with Crippen molar-refractivity contribution in [1.82, 2.24) is 14.8 Å². The van der Waals surface area contributed by atoms with Crippen molar-refractivity contribution in [1.29, 1.82) is 0 Å². The van der Waals surface area contributed by atoms with E-state index in [2.05, 4.69) is 10.1 Å². The van der Waals surface area contributed by atoms with E-state index in [-0.39, 0.29) is 0 Å². The fraction of sp³-hybridized carbons (Fsp3) is 0.667. The fourth-order valence-electron chi connectivity index (χ4n) is 1.09. The monoisotopic (exact) mass is 244 g/mol. The molecule has 0 bridgehead atoms. The van der Waals surface area contributed by atoms with Gasteiger partial charge in [0.2, 0.25) is 0 Å². The summed E-state index contributed by atoms with van der Waals surface area (Å²) in [6.07, 6.45) is 1.47.